The highest BCUT2D eigenvalue weighted by molar-refractivity contribution is 8.76. The van der Waals surface area contributed by atoms with Crippen molar-refractivity contribution in [1.29, 1.82) is 0 Å². The van der Waals surface area contributed by atoms with Gasteiger partial charge in [-0.3, -0.25) is 19.2 Å². The molecular weight excluding hydrogens is 540 g/mol. The van der Waals surface area contributed by atoms with Gasteiger partial charge in [-0.1, -0.05) is 21.6 Å². The summed E-state index contributed by atoms with van der Waals surface area (Å²) in [7, 11) is 2.59. The molecule has 6 amide bonds. The van der Waals surface area contributed by atoms with Crippen molar-refractivity contribution in [3.63, 3.8) is 0 Å². The van der Waals surface area contributed by atoms with Gasteiger partial charge in [0, 0.05) is 24.6 Å². The highest BCUT2D eigenvalue weighted by atomic mass is 33.1. The van der Waals surface area contributed by atoms with E-state index in [2.05, 4.69) is 10.6 Å². The lowest BCUT2D eigenvalue weighted by atomic mass is 10.2. The molecule has 38 heavy (non-hydrogen) atoms. The maximum absolute atomic E-state index is 12.5. The molecule has 6 N–H and O–H groups in total. The summed E-state index contributed by atoms with van der Waals surface area (Å²) in [6.45, 7) is 8.51. The van der Waals surface area contributed by atoms with E-state index in [1.165, 1.54) is 21.6 Å². The summed E-state index contributed by atoms with van der Waals surface area (Å²) in [6, 6.07) is 0. The number of nitrogens with two attached hydrogens (primary N) is 2. The van der Waals surface area contributed by atoms with Crippen LogP contribution in [0.25, 0.3) is 0 Å². The van der Waals surface area contributed by atoms with Crippen LogP contribution in [-0.2, 0) is 28.7 Å². The van der Waals surface area contributed by atoms with Crippen LogP contribution in [0.15, 0.2) is 0 Å². The Balaban J connectivity index is 5.00. The molecule has 0 fully saturated rings. The number of carbonyl (C=O) groups excluding carboxylic acids is 6. The summed E-state index contributed by atoms with van der Waals surface area (Å²) < 4.78 is 10.6. The second kappa shape index (κ2) is 17.1. The molecule has 0 rings (SSSR count). The highest BCUT2D eigenvalue weighted by Crippen LogP contribution is 2.22. The molecule has 0 aliphatic carbocycles. The Hall–Kier alpha value is -2.56. The first-order chi connectivity index (χ1) is 17.5. The molecule has 16 heteroatoms. The number of nitrogens with zero attached hydrogens (tertiary/aromatic N) is 2. The molecule has 0 unspecified atom stereocenters. The molecule has 0 aliphatic heterocycles. The van der Waals surface area contributed by atoms with Gasteiger partial charge in [-0.2, -0.15) is 0 Å². The molecular formula is C22H40N6O8S2. The number of imide groups is 2. The second-order valence-electron chi connectivity index (χ2n) is 9.66. The van der Waals surface area contributed by atoms with E-state index in [0.717, 1.165) is 9.80 Å². The summed E-state index contributed by atoms with van der Waals surface area (Å²) in [5, 5.41) is 4.64. The summed E-state index contributed by atoms with van der Waals surface area (Å²) in [5.74, 6) is -1.81. The van der Waals surface area contributed by atoms with Crippen LogP contribution in [0.1, 0.15) is 41.5 Å². The minimum atomic E-state index is -0.851. The van der Waals surface area contributed by atoms with E-state index in [9.17, 15) is 28.8 Å². The third-order valence-corrected chi connectivity index (χ3v) is 6.32. The van der Waals surface area contributed by atoms with Crippen LogP contribution in [0.4, 0.5) is 9.59 Å². The average molecular weight is 581 g/mol. The number of amides is 6. The van der Waals surface area contributed by atoms with Crippen LogP contribution in [0.3, 0.4) is 0 Å². The van der Waals surface area contributed by atoms with Crippen LogP contribution in [0, 0.1) is 0 Å². The zero-order valence-corrected chi connectivity index (χ0v) is 24.4. The largest absolute Gasteiger partial charge is 0.443 e. The zero-order valence-electron chi connectivity index (χ0n) is 22.8. The van der Waals surface area contributed by atoms with E-state index in [0.29, 0.717) is 11.5 Å². The fourth-order valence-corrected chi connectivity index (χ4v) is 4.23. The minimum absolute atomic E-state index is 0.0102. The van der Waals surface area contributed by atoms with Crippen LogP contribution in [-0.4, -0.2) is 108 Å². The van der Waals surface area contributed by atoms with E-state index in [4.69, 9.17) is 20.9 Å². The minimum Gasteiger partial charge on any atom is -0.443 e. The molecule has 218 valence electrons. The quantitative estimate of drug-likeness (QED) is 0.168. The number of carbonyl (C=O) groups is 6. The Bertz CT molecular complexity index is 777. The van der Waals surface area contributed by atoms with Gasteiger partial charge >= 0.3 is 12.2 Å². The van der Waals surface area contributed by atoms with Crippen molar-refractivity contribution in [2.75, 3.05) is 50.8 Å². The summed E-state index contributed by atoms with van der Waals surface area (Å²) >= 11 is 0. The van der Waals surface area contributed by atoms with Gasteiger partial charge in [0.2, 0.25) is 11.8 Å². The van der Waals surface area contributed by atoms with Crippen molar-refractivity contribution < 1.29 is 38.2 Å². The average Bonchev–Trinajstić information content (AvgIpc) is 2.79. The van der Waals surface area contributed by atoms with Gasteiger partial charge in [0.05, 0.1) is 26.2 Å². The first-order valence-electron chi connectivity index (χ1n) is 11.7. The van der Waals surface area contributed by atoms with Crippen LogP contribution < -0.4 is 22.1 Å². The highest BCUT2D eigenvalue weighted by Gasteiger charge is 2.28. The van der Waals surface area contributed by atoms with Crippen molar-refractivity contribution in [1.82, 2.24) is 20.4 Å². The molecule has 0 radical (unpaired) electrons. The van der Waals surface area contributed by atoms with Gasteiger partial charge in [0.25, 0.3) is 11.8 Å². The molecule has 0 aromatic heterocycles. The van der Waals surface area contributed by atoms with Gasteiger partial charge in [0.1, 0.15) is 11.2 Å². The molecule has 0 heterocycles. The normalized spacial score (nSPS) is 11.3. The van der Waals surface area contributed by atoms with E-state index in [1.807, 2.05) is 0 Å². The fraction of sp³-hybridized carbons (Fsp3) is 0.727. The molecule has 0 atom stereocenters. The van der Waals surface area contributed by atoms with Crippen molar-refractivity contribution in [2.45, 2.75) is 52.7 Å². The number of hydrogen-bond donors (Lipinski definition) is 4. The molecule has 0 aromatic rings. The predicted molar refractivity (Wildman–Crippen MR) is 145 cm³/mol. The lowest BCUT2D eigenvalue weighted by Crippen LogP contribution is -2.47. The van der Waals surface area contributed by atoms with Crippen molar-refractivity contribution >= 4 is 57.4 Å². The van der Waals surface area contributed by atoms with E-state index in [1.54, 1.807) is 41.5 Å². The van der Waals surface area contributed by atoms with Crippen LogP contribution in [0.5, 0.6) is 0 Å². The molecule has 0 spiro atoms. The first kappa shape index (κ1) is 35.4. The van der Waals surface area contributed by atoms with E-state index >= 15 is 0 Å². The van der Waals surface area contributed by atoms with Gasteiger partial charge in [-0.05, 0) is 41.5 Å². The monoisotopic (exact) mass is 580 g/mol. The molecule has 0 bridgehead atoms. The van der Waals surface area contributed by atoms with Gasteiger partial charge in [0.15, 0.2) is 0 Å². The summed E-state index contributed by atoms with van der Waals surface area (Å²) in [4.78, 5) is 74.6. The zero-order chi connectivity index (χ0) is 29.5. The predicted octanol–water partition coefficient (Wildman–Crippen LogP) is 0.0450. The first-order valence-corrected chi connectivity index (χ1v) is 14.2. The number of rotatable bonds is 13. The van der Waals surface area contributed by atoms with Crippen molar-refractivity contribution in [3.05, 3.63) is 0 Å². The van der Waals surface area contributed by atoms with E-state index in [-0.39, 0.29) is 26.2 Å². The van der Waals surface area contributed by atoms with Crippen LogP contribution >= 0.6 is 21.6 Å². The standard InChI is InChI=1S/C22H40N6O8S2/c1-21(2,3)35-19(33)27(17(31)13-25-15(29)11-23)7-9-37-38-10-8-28(20(34)36-22(4,5)6)18(32)14-26-16(30)12-24/h7-14,23-24H2,1-6H3,(H,25,29)(H,26,30). The van der Waals surface area contributed by atoms with Crippen molar-refractivity contribution in [2.24, 2.45) is 11.5 Å². The molecule has 0 saturated heterocycles. The molecule has 0 aromatic carbocycles. The molecule has 0 aliphatic rings. The van der Waals surface area contributed by atoms with Gasteiger partial charge in [-0.15, -0.1) is 0 Å². The second-order valence-corrected chi connectivity index (χ2v) is 12.4. The molecule has 0 saturated carbocycles. The van der Waals surface area contributed by atoms with Crippen molar-refractivity contribution in [3.8, 4) is 0 Å². The lowest BCUT2D eigenvalue weighted by Gasteiger charge is -2.26. The smallest absolute Gasteiger partial charge is 0.417 e. The Morgan fingerprint density at radius 3 is 1.24 bits per heavy atom. The maximum atomic E-state index is 12.5. The maximum Gasteiger partial charge on any atom is 0.417 e. The number of hydrogen-bond acceptors (Lipinski definition) is 12. The SMILES string of the molecule is CC(C)(C)OC(=O)N(CCSSCCN(C(=O)CNC(=O)CN)C(=O)OC(C)(C)C)C(=O)CNC(=O)CN. The topological polar surface area (TPSA) is 203 Å². The Kier molecular flexibility index (Phi) is 16.0. The Morgan fingerprint density at radius 1 is 0.658 bits per heavy atom. The Labute approximate surface area is 231 Å². The number of nitrogens with one attached hydrogen (secondary N) is 2. The van der Waals surface area contributed by atoms with Gasteiger partial charge < -0.3 is 31.6 Å². The lowest BCUT2D eigenvalue weighted by molar-refractivity contribution is -0.132. The van der Waals surface area contributed by atoms with E-state index < -0.39 is 60.1 Å². The third-order valence-electron chi connectivity index (χ3n) is 3.95. The summed E-state index contributed by atoms with van der Waals surface area (Å²) in [5.41, 5.74) is 8.77. The Morgan fingerprint density at radius 2 is 0.974 bits per heavy atom. The fourth-order valence-electron chi connectivity index (χ4n) is 2.33. The summed E-state index contributed by atoms with van der Waals surface area (Å²) in [6.07, 6.45) is -1.70. The van der Waals surface area contributed by atoms with Crippen LogP contribution in [0.2, 0.25) is 0 Å². The number of ether oxygens (including phenoxy) is 2. The molecule has 14 nitrogen and oxygen atoms in total. The third kappa shape index (κ3) is 16.3. The van der Waals surface area contributed by atoms with Gasteiger partial charge in [-0.25, -0.2) is 19.4 Å².